The van der Waals surface area contributed by atoms with Crippen molar-refractivity contribution in [1.82, 2.24) is 20.2 Å². The van der Waals surface area contributed by atoms with Gasteiger partial charge in [0.1, 0.15) is 17.8 Å². The first-order valence-corrected chi connectivity index (χ1v) is 7.56. The maximum atomic E-state index is 12.6. The fraction of sp³-hybridized carbons (Fsp3) is 0.125. The number of nitrogens with one attached hydrogen (secondary N) is 1. The fourth-order valence-electron chi connectivity index (χ4n) is 2.22. The van der Waals surface area contributed by atoms with Crippen LogP contribution in [0.2, 0.25) is 5.02 Å². The van der Waals surface area contributed by atoms with Crippen molar-refractivity contribution in [2.24, 2.45) is 0 Å². The molecule has 1 N–H and O–H groups in total. The summed E-state index contributed by atoms with van der Waals surface area (Å²) in [5.41, 5.74) is 1.55. The molecule has 0 atom stereocenters. The SMILES string of the molecule is COc1cc(NC(=O)c2cccc(-n3cnnn3)c2)c(OC)cc1Cl. The summed E-state index contributed by atoms with van der Waals surface area (Å²) >= 11 is 6.07. The summed E-state index contributed by atoms with van der Waals surface area (Å²) in [6.07, 6.45) is 1.45. The molecule has 1 amide bonds. The Bertz CT molecular complexity index is 899. The van der Waals surface area contributed by atoms with E-state index in [0.717, 1.165) is 0 Å². The van der Waals surface area contributed by atoms with Crippen molar-refractivity contribution in [3.8, 4) is 17.2 Å². The number of carbonyl (C=O) groups is 1. The van der Waals surface area contributed by atoms with E-state index in [4.69, 9.17) is 21.1 Å². The Morgan fingerprint density at radius 3 is 2.64 bits per heavy atom. The summed E-state index contributed by atoms with van der Waals surface area (Å²) in [5.74, 6) is 0.536. The molecule has 9 heteroatoms. The topological polar surface area (TPSA) is 91.2 Å². The predicted molar refractivity (Wildman–Crippen MR) is 91.7 cm³/mol. The van der Waals surface area contributed by atoms with Gasteiger partial charge in [0, 0.05) is 17.7 Å². The predicted octanol–water partition coefficient (Wildman–Crippen LogP) is 2.59. The van der Waals surface area contributed by atoms with E-state index in [1.807, 2.05) is 0 Å². The molecule has 1 aromatic heterocycles. The molecule has 2 aromatic carbocycles. The molecule has 3 aromatic rings. The van der Waals surface area contributed by atoms with E-state index in [1.165, 1.54) is 25.2 Å². The Morgan fingerprint density at radius 2 is 1.96 bits per heavy atom. The average molecular weight is 360 g/mol. The number of carbonyl (C=O) groups excluding carboxylic acids is 1. The van der Waals surface area contributed by atoms with Crippen LogP contribution in [0.5, 0.6) is 11.5 Å². The molecule has 3 rings (SSSR count). The van der Waals surface area contributed by atoms with Crippen molar-refractivity contribution >= 4 is 23.2 Å². The van der Waals surface area contributed by atoms with Gasteiger partial charge < -0.3 is 14.8 Å². The van der Waals surface area contributed by atoms with Crippen LogP contribution in [-0.4, -0.2) is 40.3 Å². The quantitative estimate of drug-likeness (QED) is 0.752. The summed E-state index contributed by atoms with van der Waals surface area (Å²) in [6.45, 7) is 0. The van der Waals surface area contributed by atoms with Crippen LogP contribution in [0.3, 0.4) is 0 Å². The van der Waals surface area contributed by atoms with Gasteiger partial charge in [-0.05, 0) is 28.6 Å². The highest BCUT2D eigenvalue weighted by atomic mass is 35.5. The average Bonchev–Trinajstić information content (AvgIpc) is 3.17. The Morgan fingerprint density at radius 1 is 1.16 bits per heavy atom. The van der Waals surface area contributed by atoms with E-state index in [-0.39, 0.29) is 5.91 Å². The van der Waals surface area contributed by atoms with Crippen LogP contribution in [0.1, 0.15) is 10.4 Å². The summed E-state index contributed by atoms with van der Waals surface area (Å²) in [5, 5.41) is 14.1. The number of nitrogens with zero attached hydrogens (tertiary/aromatic N) is 4. The molecule has 0 aliphatic heterocycles. The number of ether oxygens (including phenoxy) is 2. The Balaban J connectivity index is 1.89. The maximum absolute atomic E-state index is 12.6. The van der Waals surface area contributed by atoms with Gasteiger partial charge in [0.15, 0.2) is 0 Å². The number of benzene rings is 2. The third kappa shape index (κ3) is 3.53. The van der Waals surface area contributed by atoms with E-state index in [9.17, 15) is 4.79 Å². The maximum Gasteiger partial charge on any atom is 0.255 e. The van der Waals surface area contributed by atoms with Gasteiger partial charge in [0.2, 0.25) is 0 Å². The Kier molecular flexibility index (Phi) is 4.80. The van der Waals surface area contributed by atoms with E-state index in [2.05, 4.69) is 20.8 Å². The minimum Gasteiger partial charge on any atom is -0.495 e. The Hall–Kier alpha value is -3.13. The fourth-order valence-corrected chi connectivity index (χ4v) is 2.45. The summed E-state index contributed by atoms with van der Waals surface area (Å²) < 4.78 is 11.9. The lowest BCUT2D eigenvalue weighted by molar-refractivity contribution is 0.102. The van der Waals surface area contributed by atoms with Crippen LogP contribution in [0.15, 0.2) is 42.7 Å². The number of methoxy groups -OCH3 is 2. The molecule has 0 fully saturated rings. The van der Waals surface area contributed by atoms with Gasteiger partial charge in [-0.15, -0.1) is 5.10 Å². The number of amides is 1. The zero-order chi connectivity index (χ0) is 17.8. The van der Waals surface area contributed by atoms with Crippen molar-refractivity contribution in [2.45, 2.75) is 0 Å². The molecule has 0 saturated heterocycles. The zero-order valence-electron chi connectivity index (χ0n) is 13.4. The minimum absolute atomic E-state index is 0.322. The zero-order valence-corrected chi connectivity index (χ0v) is 14.2. The third-order valence-electron chi connectivity index (χ3n) is 3.44. The second kappa shape index (κ2) is 7.18. The van der Waals surface area contributed by atoms with Crippen LogP contribution in [0.4, 0.5) is 5.69 Å². The van der Waals surface area contributed by atoms with Crippen molar-refractivity contribution in [3.05, 3.63) is 53.3 Å². The number of hydrogen-bond acceptors (Lipinski definition) is 6. The molecule has 0 radical (unpaired) electrons. The second-order valence-corrected chi connectivity index (χ2v) is 5.35. The van der Waals surface area contributed by atoms with E-state index in [1.54, 1.807) is 36.4 Å². The molecule has 0 saturated carbocycles. The Labute approximate surface area is 148 Å². The molecule has 0 aliphatic carbocycles. The number of rotatable bonds is 5. The summed E-state index contributed by atoms with van der Waals surface area (Å²) in [6, 6.07) is 10.1. The first-order chi connectivity index (χ1) is 12.1. The van der Waals surface area contributed by atoms with E-state index >= 15 is 0 Å². The normalized spacial score (nSPS) is 10.4. The molecular formula is C16H14ClN5O3. The highest BCUT2D eigenvalue weighted by molar-refractivity contribution is 6.32. The number of tetrazole rings is 1. The molecular weight excluding hydrogens is 346 g/mol. The third-order valence-corrected chi connectivity index (χ3v) is 3.74. The molecule has 0 aliphatic rings. The van der Waals surface area contributed by atoms with Gasteiger partial charge in [-0.3, -0.25) is 4.79 Å². The molecule has 128 valence electrons. The van der Waals surface area contributed by atoms with Crippen LogP contribution >= 0.6 is 11.6 Å². The molecule has 1 heterocycles. The summed E-state index contributed by atoms with van der Waals surface area (Å²) in [4.78, 5) is 12.6. The van der Waals surface area contributed by atoms with Crippen LogP contribution in [0.25, 0.3) is 5.69 Å². The van der Waals surface area contributed by atoms with E-state index in [0.29, 0.717) is 33.5 Å². The standard InChI is InChI=1S/C16H14ClN5O3/c1-24-14-8-13(15(25-2)7-12(14)17)19-16(23)10-4-3-5-11(6-10)22-9-18-20-21-22/h3-9H,1-2H3,(H,19,23). The monoisotopic (exact) mass is 359 g/mol. The summed E-state index contributed by atoms with van der Waals surface area (Å²) in [7, 11) is 2.99. The van der Waals surface area contributed by atoms with Gasteiger partial charge >= 0.3 is 0 Å². The lowest BCUT2D eigenvalue weighted by Crippen LogP contribution is -2.13. The van der Waals surface area contributed by atoms with E-state index < -0.39 is 0 Å². The molecule has 0 bridgehead atoms. The van der Waals surface area contributed by atoms with Gasteiger partial charge in [-0.1, -0.05) is 17.7 Å². The molecule has 8 nitrogen and oxygen atoms in total. The van der Waals surface area contributed by atoms with Crippen molar-refractivity contribution in [1.29, 1.82) is 0 Å². The van der Waals surface area contributed by atoms with Crippen LogP contribution in [0, 0.1) is 0 Å². The first-order valence-electron chi connectivity index (χ1n) is 7.18. The van der Waals surface area contributed by atoms with Gasteiger partial charge in [-0.25, -0.2) is 4.68 Å². The number of aromatic nitrogens is 4. The van der Waals surface area contributed by atoms with Crippen LogP contribution < -0.4 is 14.8 Å². The largest absolute Gasteiger partial charge is 0.495 e. The van der Waals surface area contributed by atoms with Crippen molar-refractivity contribution < 1.29 is 14.3 Å². The highest BCUT2D eigenvalue weighted by Gasteiger charge is 2.14. The second-order valence-electron chi connectivity index (χ2n) is 4.95. The first kappa shape index (κ1) is 16.7. The van der Waals surface area contributed by atoms with Gasteiger partial charge in [0.05, 0.1) is 30.6 Å². The molecule has 25 heavy (non-hydrogen) atoms. The molecule has 0 spiro atoms. The van der Waals surface area contributed by atoms with Gasteiger partial charge in [0.25, 0.3) is 5.91 Å². The lowest BCUT2D eigenvalue weighted by Gasteiger charge is -2.13. The smallest absolute Gasteiger partial charge is 0.255 e. The minimum atomic E-state index is -0.322. The van der Waals surface area contributed by atoms with Gasteiger partial charge in [-0.2, -0.15) is 0 Å². The number of hydrogen-bond donors (Lipinski definition) is 1. The number of anilines is 1. The van der Waals surface area contributed by atoms with Crippen LogP contribution in [-0.2, 0) is 0 Å². The molecule has 0 unspecified atom stereocenters. The lowest BCUT2D eigenvalue weighted by atomic mass is 10.1. The number of halogens is 1. The highest BCUT2D eigenvalue weighted by Crippen LogP contribution is 2.36. The van der Waals surface area contributed by atoms with Crippen molar-refractivity contribution in [3.63, 3.8) is 0 Å². The van der Waals surface area contributed by atoms with Crippen molar-refractivity contribution in [2.75, 3.05) is 19.5 Å².